The van der Waals surface area contributed by atoms with E-state index in [1.165, 1.54) is 6.07 Å². The van der Waals surface area contributed by atoms with E-state index in [-0.39, 0.29) is 11.1 Å². The molecule has 9 atom stereocenters. The second-order valence-corrected chi connectivity index (χ2v) is 9.81. The van der Waals surface area contributed by atoms with Crippen LogP contribution in [0, 0.1) is 0 Å². The normalized spacial score (nSPS) is 31.7. The number of phenols is 4. The van der Waals surface area contributed by atoms with Gasteiger partial charge in [-0.05, 0) is 18.2 Å². The Kier molecular flexibility index (Phi) is 8.17. The number of rotatable bonds is 6. The standard InChI is InChI=1S/C26H28O16/c27-6-15-18(34)20(36)24(42-25-21(37)17(33)13(32)7-38-25)26(40-15)41-23-19(35)16-12(31)4-9(28)5-14(16)39-22(23)8-1-2-10(29)11(30)3-8/h1-5,13,15,17-18,20-21,24-34,36-37H,6-7H2/t13-,15?,17?,18-,20?,21-,24?,25+,26+/m1/s1. The average Bonchev–Trinajstić information content (AvgIpc) is 2.94. The van der Waals surface area contributed by atoms with Gasteiger partial charge in [-0.15, -0.1) is 0 Å². The van der Waals surface area contributed by atoms with Gasteiger partial charge >= 0.3 is 0 Å². The number of aromatic hydroxyl groups is 4. The van der Waals surface area contributed by atoms with Crippen molar-refractivity contribution in [2.75, 3.05) is 13.2 Å². The zero-order chi connectivity index (χ0) is 30.5. The first-order valence-electron chi connectivity index (χ1n) is 12.6. The Hall–Kier alpha value is -3.71. The lowest BCUT2D eigenvalue weighted by molar-refractivity contribution is -0.345. The van der Waals surface area contributed by atoms with Crippen molar-refractivity contribution in [2.45, 2.75) is 55.3 Å². The van der Waals surface area contributed by atoms with Gasteiger partial charge in [0.15, 0.2) is 29.7 Å². The zero-order valence-corrected chi connectivity index (χ0v) is 21.4. The first-order valence-corrected chi connectivity index (χ1v) is 12.6. The minimum absolute atomic E-state index is 0.0437. The van der Waals surface area contributed by atoms with Crippen molar-refractivity contribution in [3.8, 4) is 40.1 Å². The van der Waals surface area contributed by atoms with Gasteiger partial charge in [0.05, 0.1) is 13.2 Å². The molecule has 0 radical (unpaired) electrons. The average molecular weight is 596 g/mol. The molecule has 42 heavy (non-hydrogen) atoms. The van der Waals surface area contributed by atoms with Gasteiger partial charge in [-0.3, -0.25) is 4.79 Å². The van der Waals surface area contributed by atoms with Crippen LogP contribution in [-0.2, 0) is 14.2 Å². The van der Waals surface area contributed by atoms with Crippen molar-refractivity contribution >= 4 is 11.0 Å². The molecule has 0 amide bonds. The molecule has 0 spiro atoms. The second-order valence-electron chi connectivity index (χ2n) is 9.81. The molecule has 5 rings (SSSR count). The summed E-state index contributed by atoms with van der Waals surface area (Å²) in [4.78, 5) is 13.7. The van der Waals surface area contributed by atoms with E-state index in [1.54, 1.807) is 0 Å². The Morgan fingerprint density at radius 3 is 2.26 bits per heavy atom. The molecule has 16 heteroatoms. The highest BCUT2D eigenvalue weighted by Crippen LogP contribution is 2.40. The van der Waals surface area contributed by atoms with E-state index in [0.717, 1.165) is 24.3 Å². The number of aliphatic hydroxyl groups excluding tert-OH is 6. The Morgan fingerprint density at radius 2 is 1.57 bits per heavy atom. The molecule has 2 aliphatic heterocycles. The number of hydrogen-bond acceptors (Lipinski definition) is 16. The number of hydrogen-bond donors (Lipinski definition) is 10. The summed E-state index contributed by atoms with van der Waals surface area (Å²) in [5, 5.41) is 101. The van der Waals surface area contributed by atoms with Crippen LogP contribution < -0.4 is 10.2 Å². The summed E-state index contributed by atoms with van der Waals surface area (Å²) in [5.74, 6) is -3.39. The molecule has 228 valence electrons. The third-order valence-corrected chi connectivity index (χ3v) is 6.96. The van der Waals surface area contributed by atoms with E-state index in [4.69, 9.17) is 23.4 Å². The molecular formula is C26H28O16. The Bertz CT molecular complexity index is 1510. The summed E-state index contributed by atoms with van der Waals surface area (Å²) in [5.41, 5.74) is -1.38. The summed E-state index contributed by atoms with van der Waals surface area (Å²) in [6, 6.07) is 5.21. The molecule has 3 aromatic rings. The zero-order valence-electron chi connectivity index (χ0n) is 21.4. The topological polar surface area (TPSA) is 269 Å². The smallest absolute Gasteiger partial charge is 0.239 e. The Labute approximate surface area is 235 Å². The molecular weight excluding hydrogens is 568 g/mol. The summed E-state index contributed by atoms with van der Waals surface area (Å²) >= 11 is 0. The molecule has 2 fully saturated rings. The first kappa shape index (κ1) is 29.8. The van der Waals surface area contributed by atoms with Crippen LogP contribution in [0.2, 0.25) is 0 Å². The monoisotopic (exact) mass is 596 g/mol. The fourth-order valence-corrected chi connectivity index (χ4v) is 4.70. The summed E-state index contributed by atoms with van der Waals surface area (Å²) < 4.78 is 28.0. The highest BCUT2D eigenvalue weighted by molar-refractivity contribution is 5.88. The highest BCUT2D eigenvalue weighted by atomic mass is 16.8. The van der Waals surface area contributed by atoms with Crippen LogP contribution in [-0.4, -0.2) is 120 Å². The maximum atomic E-state index is 13.7. The van der Waals surface area contributed by atoms with Crippen molar-refractivity contribution in [3.05, 3.63) is 40.6 Å². The molecule has 4 unspecified atom stereocenters. The van der Waals surface area contributed by atoms with E-state index in [0.29, 0.717) is 0 Å². The van der Waals surface area contributed by atoms with Gasteiger partial charge in [0.2, 0.25) is 17.5 Å². The molecule has 2 saturated heterocycles. The van der Waals surface area contributed by atoms with E-state index < -0.39 is 114 Å². The van der Waals surface area contributed by atoms with Crippen molar-refractivity contribution in [2.24, 2.45) is 0 Å². The van der Waals surface area contributed by atoms with Crippen LogP contribution in [0.4, 0.5) is 0 Å². The lowest BCUT2D eigenvalue weighted by atomic mass is 9.98. The lowest BCUT2D eigenvalue weighted by Crippen LogP contribution is -2.64. The van der Waals surface area contributed by atoms with Gasteiger partial charge in [-0.1, -0.05) is 0 Å². The summed E-state index contributed by atoms with van der Waals surface area (Å²) in [6.45, 7) is -1.31. The molecule has 2 aromatic carbocycles. The SMILES string of the molecule is O=c1c(O[C@@H]2OC(CO)[C@@H](O)C(O)C2O[C@@H]2OC[C@@H](O)C(O)[C@H]2O)c(-c2ccc(O)c(O)c2)oc2cc(O)cc(O)c12. The molecule has 1 aromatic heterocycles. The van der Waals surface area contributed by atoms with Crippen LogP contribution in [0.3, 0.4) is 0 Å². The number of benzene rings is 2. The minimum Gasteiger partial charge on any atom is -0.508 e. The summed E-state index contributed by atoms with van der Waals surface area (Å²) in [6.07, 6.45) is -15.5. The Balaban J connectivity index is 1.62. The van der Waals surface area contributed by atoms with E-state index in [2.05, 4.69) is 0 Å². The second kappa shape index (κ2) is 11.5. The van der Waals surface area contributed by atoms with Crippen molar-refractivity contribution < 1.29 is 74.4 Å². The van der Waals surface area contributed by atoms with Crippen LogP contribution in [0.15, 0.2) is 39.5 Å². The van der Waals surface area contributed by atoms with Gasteiger partial charge in [0, 0.05) is 17.7 Å². The quantitative estimate of drug-likeness (QED) is 0.137. The van der Waals surface area contributed by atoms with Crippen molar-refractivity contribution in [1.29, 1.82) is 0 Å². The minimum atomic E-state index is -1.90. The van der Waals surface area contributed by atoms with Crippen LogP contribution >= 0.6 is 0 Å². The number of phenolic OH excluding ortho intramolecular Hbond substituents is 4. The van der Waals surface area contributed by atoms with Gasteiger partial charge in [0.1, 0.15) is 59.1 Å². The molecule has 0 aliphatic carbocycles. The lowest BCUT2D eigenvalue weighted by Gasteiger charge is -2.44. The van der Waals surface area contributed by atoms with E-state index in [9.17, 15) is 55.9 Å². The fraction of sp³-hybridized carbons (Fsp3) is 0.423. The maximum Gasteiger partial charge on any atom is 0.239 e. The number of fused-ring (bicyclic) bond motifs is 1. The number of ether oxygens (including phenoxy) is 4. The molecule has 2 aliphatic rings. The van der Waals surface area contributed by atoms with E-state index in [1.807, 2.05) is 0 Å². The first-order chi connectivity index (χ1) is 19.9. The van der Waals surface area contributed by atoms with Crippen LogP contribution in [0.5, 0.6) is 28.7 Å². The molecule has 0 bridgehead atoms. The van der Waals surface area contributed by atoms with Crippen molar-refractivity contribution in [1.82, 2.24) is 0 Å². The van der Waals surface area contributed by atoms with Gasteiger partial charge in [-0.25, -0.2) is 0 Å². The third-order valence-electron chi connectivity index (χ3n) is 6.96. The van der Waals surface area contributed by atoms with Gasteiger partial charge in [-0.2, -0.15) is 0 Å². The fourth-order valence-electron chi connectivity index (χ4n) is 4.70. The van der Waals surface area contributed by atoms with Crippen LogP contribution in [0.25, 0.3) is 22.3 Å². The predicted molar refractivity (Wildman–Crippen MR) is 136 cm³/mol. The maximum absolute atomic E-state index is 13.7. The highest BCUT2D eigenvalue weighted by Gasteiger charge is 2.50. The Morgan fingerprint density at radius 1 is 0.833 bits per heavy atom. The van der Waals surface area contributed by atoms with Crippen LogP contribution in [0.1, 0.15) is 0 Å². The third kappa shape index (κ3) is 5.31. The molecule has 3 heterocycles. The molecule has 0 saturated carbocycles. The number of aliphatic hydroxyl groups is 6. The predicted octanol–water partition coefficient (Wildman–Crippen LogP) is -2.08. The van der Waals surface area contributed by atoms with Crippen molar-refractivity contribution in [3.63, 3.8) is 0 Å². The summed E-state index contributed by atoms with van der Waals surface area (Å²) in [7, 11) is 0. The molecule has 10 N–H and O–H groups in total. The van der Waals surface area contributed by atoms with Gasteiger partial charge in [0.25, 0.3) is 0 Å². The molecule has 16 nitrogen and oxygen atoms in total. The van der Waals surface area contributed by atoms with E-state index >= 15 is 0 Å². The largest absolute Gasteiger partial charge is 0.508 e. The van der Waals surface area contributed by atoms with Gasteiger partial charge < -0.3 is 74.4 Å².